The summed E-state index contributed by atoms with van der Waals surface area (Å²) in [6.07, 6.45) is 3.96. The maximum absolute atomic E-state index is 8.92. The summed E-state index contributed by atoms with van der Waals surface area (Å²) in [6, 6.07) is 8.00. The second kappa shape index (κ2) is 7.87. The van der Waals surface area contributed by atoms with Gasteiger partial charge in [0.2, 0.25) is 0 Å². The van der Waals surface area contributed by atoms with Crippen LogP contribution in [-0.2, 0) is 6.42 Å². The number of aryl methyl sites for hydroxylation is 1. The predicted octanol–water partition coefficient (Wildman–Crippen LogP) is 1.68. The SMILES string of the molecule is C=CCN(CCO)CCCc1cccc(N)c1. The van der Waals surface area contributed by atoms with Crippen molar-refractivity contribution in [2.75, 3.05) is 32.0 Å². The summed E-state index contributed by atoms with van der Waals surface area (Å²) < 4.78 is 0. The van der Waals surface area contributed by atoms with Gasteiger partial charge in [-0.25, -0.2) is 0 Å². The van der Waals surface area contributed by atoms with Crippen LogP contribution < -0.4 is 5.73 Å². The monoisotopic (exact) mass is 234 g/mol. The number of nitrogens with two attached hydrogens (primary N) is 1. The number of nitrogens with zero attached hydrogens (tertiary/aromatic N) is 1. The normalized spacial score (nSPS) is 10.7. The Kier molecular flexibility index (Phi) is 6.37. The standard InChI is InChI=1S/C14H22N2O/c1-2-8-16(10-11-17)9-4-6-13-5-3-7-14(15)12-13/h2-3,5,7,12,17H,1,4,6,8-11,15H2. The van der Waals surface area contributed by atoms with Gasteiger partial charge < -0.3 is 10.8 Å². The van der Waals surface area contributed by atoms with Crippen molar-refractivity contribution in [1.82, 2.24) is 4.90 Å². The Labute approximate surface area is 104 Å². The molecule has 3 heteroatoms. The molecule has 0 spiro atoms. The summed E-state index contributed by atoms with van der Waals surface area (Å²) >= 11 is 0. The molecule has 1 aromatic carbocycles. The number of hydrogen-bond acceptors (Lipinski definition) is 3. The number of hydrogen-bond donors (Lipinski definition) is 2. The number of aliphatic hydroxyl groups excluding tert-OH is 1. The van der Waals surface area contributed by atoms with Gasteiger partial charge in [-0.15, -0.1) is 6.58 Å². The van der Waals surface area contributed by atoms with E-state index in [-0.39, 0.29) is 6.61 Å². The van der Waals surface area contributed by atoms with Crippen molar-refractivity contribution < 1.29 is 5.11 Å². The van der Waals surface area contributed by atoms with Crippen LogP contribution in [0.25, 0.3) is 0 Å². The maximum Gasteiger partial charge on any atom is 0.0558 e. The Hall–Kier alpha value is -1.32. The van der Waals surface area contributed by atoms with Gasteiger partial charge in [-0.2, -0.15) is 0 Å². The first-order chi connectivity index (χ1) is 8.26. The van der Waals surface area contributed by atoms with Crippen molar-refractivity contribution in [2.24, 2.45) is 0 Å². The van der Waals surface area contributed by atoms with Gasteiger partial charge in [-0.1, -0.05) is 18.2 Å². The van der Waals surface area contributed by atoms with Gasteiger partial charge in [0.05, 0.1) is 6.61 Å². The lowest BCUT2D eigenvalue weighted by molar-refractivity contribution is 0.207. The van der Waals surface area contributed by atoms with E-state index in [9.17, 15) is 0 Å². The molecule has 0 aliphatic heterocycles. The molecule has 0 heterocycles. The summed E-state index contributed by atoms with van der Waals surface area (Å²) in [5.74, 6) is 0. The largest absolute Gasteiger partial charge is 0.399 e. The number of aliphatic hydroxyl groups is 1. The maximum atomic E-state index is 8.92. The van der Waals surface area contributed by atoms with Crippen LogP contribution in [0.1, 0.15) is 12.0 Å². The molecule has 0 bridgehead atoms. The quantitative estimate of drug-likeness (QED) is 0.531. The van der Waals surface area contributed by atoms with Crippen molar-refractivity contribution in [1.29, 1.82) is 0 Å². The van der Waals surface area contributed by atoms with Gasteiger partial charge in [-0.05, 0) is 37.1 Å². The topological polar surface area (TPSA) is 49.5 Å². The number of anilines is 1. The van der Waals surface area contributed by atoms with E-state index >= 15 is 0 Å². The zero-order valence-electron chi connectivity index (χ0n) is 10.3. The van der Waals surface area contributed by atoms with Crippen molar-refractivity contribution in [2.45, 2.75) is 12.8 Å². The number of rotatable bonds is 8. The molecule has 0 aliphatic rings. The van der Waals surface area contributed by atoms with Crippen LogP contribution in [0.3, 0.4) is 0 Å². The Morgan fingerprint density at radius 2 is 2.18 bits per heavy atom. The molecule has 17 heavy (non-hydrogen) atoms. The van der Waals surface area contributed by atoms with E-state index in [2.05, 4.69) is 17.5 Å². The van der Waals surface area contributed by atoms with E-state index < -0.39 is 0 Å². The summed E-state index contributed by atoms with van der Waals surface area (Å²) in [5, 5.41) is 8.92. The minimum atomic E-state index is 0.201. The predicted molar refractivity (Wildman–Crippen MR) is 72.9 cm³/mol. The molecule has 94 valence electrons. The molecular weight excluding hydrogens is 212 g/mol. The smallest absolute Gasteiger partial charge is 0.0558 e. The Morgan fingerprint density at radius 3 is 2.82 bits per heavy atom. The van der Waals surface area contributed by atoms with Crippen LogP contribution in [0.5, 0.6) is 0 Å². The molecule has 1 rings (SSSR count). The van der Waals surface area contributed by atoms with Gasteiger partial charge in [0.1, 0.15) is 0 Å². The van der Waals surface area contributed by atoms with E-state index in [0.717, 1.165) is 31.6 Å². The number of nitrogen functional groups attached to an aromatic ring is 1. The third-order valence-electron chi connectivity index (χ3n) is 2.69. The van der Waals surface area contributed by atoms with E-state index in [4.69, 9.17) is 10.8 Å². The molecule has 3 N–H and O–H groups in total. The third-order valence-corrected chi connectivity index (χ3v) is 2.69. The molecule has 0 aliphatic carbocycles. The Morgan fingerprint density at radius 1 is 1.35 bits per heavy atom. The molecule has 0 atom stereocenters. The molecule has 0 unspecified atom stereocenters. The van der Waals surface area contributed by atoms with Crippen molar-refractivity contribution >= 4 is 5.69 Å². The van der Waals surface area contributed by atoms with Crippen LogP contribution in [0.2, 0.25) is 0 Å². The van der Waals surface area contributed by atoms with Crippen molar-refractivity contribution in [3.63, 3.8) is 0 Å². The van der Waals surface area contributed by atoms with Crippen LogP contribution in [-0.4, -0.2) is 36.2 Å². The molecule has 0 fully saturated rings. The van der Waals surface area contributed by atoms with E-state index in [1.165, 1.54) is 5.56 Å². The Bertz CT molecular complexity index is 339. The van der Waals surface area contributed by atoms with E-state index in [1.54, 1.807) is 0 Å². The zero-order valence-corrected chi connectivity index (χ0v) is 10.3. The van der Waals surface area contributed by atoms with Crippen LogP contribution in [0.4, 0.5) is 5.69 Å². The highest BCUT2D eigenvalue weighted by Gasteiger charge is 2.02. The van der Waals surface area contributed by atoms with Gasteiger partial charge >= 0.3 is 0 Å². The van der Waals surface area contributed by atoms with Crippen LogP contribution >= 0.6 is 0 Å². The van der Waals surface area contributed by atoms with Crippen molar-refractivity contribution in [3.05, 3.63) is 42.5 Å². The minimum Gasteiger partial charge on any atom is -0.399 e. The van der Waals surface area contributed by atoms with Gasteiger partial charge in [-0.3, -0.25) is 4.90 Å². The second-order valence-corrected chi connectivity index (χ2v) is 4.16. The molecule has 1 aromatic rings. The third kappa shape index (κ3) is 5.52. The fraction of sp³-hybridized carbons (Fsp3) is 0.429. The minimum absolute atomic E-state index is 0.201. The molecule has 0 aromatic heterocycles. The average Bonchev–Trinajstić information content (AvgIpc) is 2.30. The van der Waals surface area contributed by atoms with Crippen LogP contribution in [0.15, 0.2) is 36.9 Å². The summed E-state index contributed by atoms with van der Waals surface area (Å²) in [4.78, 5) is 2.19. The zero-order chi connectivity index (χ0) is 12.5. The lowest BCUT2D eigenvalue weighted by atomic mass is 10.1. The molecule has 0 amide bonds. The first-order valence-corrected chi connectivity index (χ1v) is 6.05. The highest BCUT2D eigenvalue weighted by molar-refractivity contribution is 5.40. The van der Waals surface area contributed by atoms with Gasteiger partial charge in [0, 0.05) is 18.8 Å². The first-order valence-electron chi connectivity index (χ1n) is 6.05. The lowest BCUT2D eigenvalue weighted by Crippen LogP contribution is -2.28. The van der Waals surface area contributed by atoms with Gasteiger partial charge in [0.15, 0.2) is 0 Å². The summed E-state index contributed by atoms with van der Waals surface area (Å²) in [5.41, 5.74) is 7.82. The summed E-state index contributed by atoms with van der Waals surface area (Å²) in [7, 11) is 0. The average molecular weight is 234 g/mol. The van der Waals surface area contributed by atoms with E-state index in [1.807, 2.05) is 24.3 Å². The molecule has 0 radical (unpaired) electrons. The Balaban J connectivity index is 2.32. The molecule has 3 nitrogen and oxygen atoms in total. The molecule has 0 saturated carbocycles. The molecular formula is C14H22N2O. The van der Waals surface area contributed by atoms with Gasteiger partial charge in [0.25, 0.3) is 0 Å². The fourth-order valence-electron chi connectivity index (χ4n) is 1.87. The van der Waals surface area contributed by atoms with Crippen LogP contribution in [0, 0.1) is 0 Å². The van der Waals surface area contributed by atoms with E-state index in [0.29, 0.717) is 6.54 Å². The summed E-state index contributed by atoms with van der Waals surface area (Å²) in [6.45, 7) is 6.44. The van der Waals surface area contributed by atoms with Crippen molar-refractivity contribution in [3.8, 4) is 0 Å². The lowest BCUT2D eigenvalue weighted by Gasteiger charge is -2.19. The fourth-order valence-corrected chi connectivity index (χ4v) is 1.87. The second-order valence-electron chi connectivity index (χ2n) is 4.16. The highest BCUT2D eigenvalue weighted by atomic mass is 16.3. The highest BCUT2D eigenvalue weighted by Crippen LogP contribution is 2.09. The number of benzene rings is 1. The molecule has 0 saturated heterocycles. The first kappa shape index (κ1) is 13.7.